The van der Waals surface area contributed by atoms with E-state index in [0.717, 1.165) is 19.4 Å². The summed E-state index contributed by atoms with van der Waals surface area (Å²) in [5.41, 5.74) is 0.557. The Kier molecular flexibility index (Phi) is 3.85. The smallest absolute Gasteiger partial charge is 0.336 e. The molecule has 0 amide bonds. The Morgan fingerprint density at radius 2 is 2.16 bits per heavy atom. The van der Waals surface area contributed by atoms with E-state index in [4.69, 9.17) is 5.11 Å². The third-order valence-corrected chi connectivity index (χ3v) is 4.84. The summed E-state index contributed by atoms with van der Waals surface area (Å²) in [7, 11) is 0. The lowest BCUT2D eigenvalue weighted by Gasteiger charge is -2.21. The number of hydrogen-bond donors (Lipinski definition) is 2. The lowest BCUT2D eigenvalue weighted by atomic mass is 9.92. The number of halogens is 2. The van der Waals surface area contributed by atoms with Crippen molar-refractivity contribution in [2.24, 2.45) is 11.3 Å². The van der Waals surface area contributed by atoms with Crippen molar-refractivity contribution in [3.05, 3.63) is 28.0 Å². The number of benzene rings is 1. The second kappa shape index (κ2) is 5.12. The lowest BCUT2D eigenvalue weighted by Crippen LogP contribution is -2.21. The number of aromatic carboxylic acids is 1. The Morgan fingerprint density at radius 3 is 2.63 bits per heavy atom. The van der Waals surface area contributed by atoms with Gasteiger partial charge in [-0.1, -0.05) is 13.8 Å². The van der Waals surface area contributed by atoms with Crippen LogP contribution >= 0.6 is 15.9 Å². The highest BCUT2D eigenvalue weighted by Crippen LogP contribution is 2.51. The van der Waals surface area contributed by atoms with Crippen LogP contribution in [0, 0.1) is 17.2 Å². The summed E-state index contributed by atoms with van der Waals surface area (Å²) in [5, 5.41) is 12.0. The second-order valence-electron chi connectivity index (χ2n) is 5.46. The molecule has 3 nitrogen and oxygen atoms in total. The summed E-state index contributed by atoms with van der Waals surface area (Å²) in [5.74, 6) is -1.12. The molecular weight excluding hydrogens is 313 g/mol. The molecule has 0 aromatic heterocycles. The van der Waals surface area contributed by atoms with Gasteiger partial charge in [0.1, 0.15) is 0 Å². The van der Waals surface area contributed by atoms with E-state index in [2.05, 4.69) is 35.1 Å². The second-order valence-corrected chi connectivity index (χ2v) is 6.26. The molecule has 0 spiro atoms. The molecule has 0 heterocycles. The number of nitrogens with one attached hydrogen (secondary N) is 1. The molecule has 1 aromatic carbocycles. The van der Waals surface area contributed by atoms with Crippen LogP contribution in [0.15, 0.2) is 16.6 Å². The molecular formula is C14H17BrFNO2. The molecule has 2 rings (SSSR count). The monoisotopic (exact) mass is 329 g/mol. The van der Waals surface area contributed by atoms with Crippen molar-refractivity contribution in [2.45, 2.75) is 26.7 Å². The van der Waals surface area contributed by atoms with Crippen LogP contribution in [0.4, 0.5) is 10.1 Å². The maximum absolute atomic E-state index is 14.0. The van der Waals surface area contributed by atoms with Crippen molar-refractivity contribution in [3.8, 4) is 0 Å². The zero-order valence-corrected chi connectivity index (χ0v) is 12.6. The molecule has 1 aliphatic carbocycles. The average Bonchev–Trinajstić information content (AvgIpc) is 3.11. The first-order chi connectivity index (χ1) is 8.87. The van der Waals surface area contributed by atoms with Gasteiger partial charge in [-0.3, -0.25) is 0 Å². The van der Waals surface area contributed by atoms with Crippen LogP contribution in [0.5, 0.6) is 0 Å². The lowest BCUT2D eigenvalue weighted by molar-refractivity contribution is 0.0695. The van der Waals surface area contributed by atoms with Crippen molar-refractivity contribution >= 4 is 27.6 Å². The molecule has 0 atom stereocenters. The molecule has 2 N–H and O–H groups in total. The van der Waals surface area contributed by atoms with E-state index >= 15 is 0 Å². The summed E-state index contributed by atoms with van der Waals surface area (Å²) in [4.78, 5) is 10.9. The minimum absolute atomic E-state index is 0.000561. The molecule has 1 fully saturated rings. The molecule has 1 aromatic rings. The minimum atomic E-state index is -1.14. The molecule has 104 valence electrons. The third-order valence-electron chi connectivity index (χ3n) is 4.06. The molecule has 0 radical (unpaired) electrons. The fourth-order valence-electron chi connectivity index (χ4n) is 2.24. The van der Waals surface area contributed by atoms with Gasteiger partial charge in [-0.2, -0.15) is 0 Å². The van der Waals surface area contributed by atoms with Gasteiger partial charge in [-0.05, 0) is 52.2 Å². The quantitative estimate of drug-likeness (QED) is 0.853. The van der Waals surface area contributed by atoms with Gasteiger partial charge in [0.15, 0.2) is 5.82 Å². The predicted molar refractivity (Wildman–Crippen MR) is 76.1 cm³/mol. The first-order valence-corrected chi connectivity index (χ1v) is 7.12. The molecule has 1 saturated carbocycles. The van der Waals surface area contributed by atoms with Crippen LogP contribution in [0.25, 0.3) is 0 Å². The van der Waals surface area contributed by atoms with Crippen molar-refractivity contribution in [1.29, 1.82) is 0 Å². The fourth-order valence-corrected chi connectivity index (χ4v) is 2.76. The van der Waals surface area contributed by atoms with E-state index in [9.17, 15) is 9.18 Å². The first-order valence-electron chi connectivity index (χ1n) is 6.32. The van der Waals surface area contributed by atoms with Gasteiger partial charge in [0, 0.05) is 6.54 Å². The number of carboxylic acid groups (broad SMARTS) is 1. The molecule has 19 heavy (non-hydrogen) atoms. The van der Waals surface area contributed by atoms with Crippen LogP contribution in [-0.2, 0) is 0 Å². The highest BCUT2D eigenvalue weighted by Gasteiger charge is 2.45. The average molecular weight is 330 g/mol. The van der Waals surface area contributed by atoms with Crippen LogP contribution in [-0.4, -0.2) is 17.6 Å². The largest absolute Gasteiger partial charge is 0.478 e. The fraction of sp³-hybridized carbons (Fsp3) is 0.500. The summed E-state index contributed by atoms with van der Waals surface area (Å²) in [6, 6.07) is 2.90. The van der Waals surface area contributed by atoms with E-state index in [1.807, 2.05) is 0 Å². The van der Waals surface area contributed by atoms with Crippen LogP contribution in [0.3, 0.4) is 0 Å². The molecule has 1 aliphatic rings. The zero-order chi connectivity index (χ0) is 14.2. The Hall–Kier alpha value is -1.10. The number of anilines is 1. The summed E-state index contributed by atoms with van der Waals surface area (Å²) >= 11 is 3.00. The van der Waals surface area contributed by atoms with E-state index in [1.165, 1.54) is 12.1 Å². The molecule has 0 aliphatic heterocycles. The Labute approximate surface area is 120 Å². The number of hydrogen-bond acceptors (Lipinski definition) is 2. The molecule has 0 saturated heterocycles. The maximum atomic E-state index is 14.0. The minimum Gasteiger partial charge on any atom is -0.478 e. The van der Waals surface area contributed by atoms with Crippen molar-refractivity contribution < 1.29 is 14.3 Å². The van der Waals surface area contributed by atoms with Crippen LogP contribution in [0.1, 0.15) is 37.0 Å². The van der Waals surface area contributed by atoms with Crippen LogP contribution < -0.4 is 5.32 Å². The number of rotatable bonds is 5. The van der Waals surface area contributed by atoms with Gasteiger partial charge < -0.3 is 10.4 Å². The molecule has 0 unspecified atom stereocenters. The van der Waals surface area contributed by atoms with Crippen molar-refractivity contribution in [2.75, 3.05) is 11.9 Å². The highest BCUT2D eigenvalue weighted by molar-refractivity contribution is 9.10. The Bertz CT molecular complexity index is 512. The Morgan fingerprint density at radius 1 is 1.53 bits per heavy atom. The van der Waals surface area contributed by atoms with Gasteiger partial charge in [-0.15, -0.1) is 0 Å². The van der Waals surface area contributed by atoms with E-state index < -0.39 is 11.8 Å². The topological polar surface area (TPSA) is 49.3 Å². The van der Waals surface area contributed by atoms with E-state index in [1.54, 1.807) is 0 Å². The van der Waals surface area contributed by atoms with Gasteiger partial charge in [0.25, 0.3) is 0 Å². The van der Waals surface area contributed by atoms with E-state index in [-0.39, 0.29) is 15.5 Å². The third kappa shape index (κ3) is 2.76. The Balaban J connectivity index is 2.14. The summed E-state index contributed by atoms with van der Waals surface area (Å²) in [6.07, 6.45) is 2.32. The molecule has 5 heteroatoms. The first kappa shape index (κ1) is 14.3. The zero-order valence-electron chi connectivity index (χ0n) is 11.0. The van der Waals surface area contributed by atoms with Crippen molar-refractivity contribution in [3.63, 3.8) is 0 Å². The SMILES string of the molecule is CC(C)C1(CNc2ccc(C(=O)O)c(Br)c2F)CC1. The number of carboxylic acids is 1. The van der Waals surface area contributed by atoms with Gasteiger partial charge in [0.05, 0.1) is 15.7 Å². The van der Waals surface area contributed by atoms with Crippen LogP contribution in [0.2, 0.25) is 0 Å². The van der Waals surface area contributed by atoms with Gasteiger partial charge in [0.2, 0.25) is 0 Å². The van der Waals surface area contributed by atoms with Gasteiger partial charge >= 0.3 is 5.97 Å². The maximum Gasteiger partial charge on any atom is 0.336 e. The predicted octanol–water partition coefficient (Wildman–Crippen LogP) is 4.13. The van der Waals surface area contributed by atoms with E-state index in [0.29, 0.717) is 11.6 Å². The summed E-state index contributed by atoms with van der Waals surface area (Å²) in [6.45, 7) is 5.07. The number of carbonyl (C=O) groups is 1. The van der Waals surface area contributed by atoms with Gasteiger partial charge in [-0.25, -0.2) is 9.18 Å². The molecule has 0 bridgehead atoms. The highest BCUT2D eigenvalue weighted by atomic mass is 79.9. The standard InChI is InChI=1S/C14H17BrFNO2/c1-8(2)14(5-6-14)7-17-10-4-3-9(13(18)19)11(15)12(10)16/h3-4,8,17H,5-7H2,1-2H3,(H,18,19). The normalized spacial score (nSPS) is 16.5. The summed E-state index contributed by atoms with van der Waals surface area (Å²) < 4.78 is 14.0. The van der Waals surface area contributed by atoms with Crippen molar-refractivity contribution in [1.82, 2.24) is 0 Å².